The first-order chi connectivity index (χ1) is 16.1. The molecule has 1 N–H and O–H groups in total. The van der Waals surface area contributed by atoms with Gasteiger partial charge in [0.1, 0.15) is 12.7 Å². The molecule has 11 nitrogen and oxygen atoms in total. The molecule has 1 aromatic carbocycles. The van der Waals surface area contributed by atoms with Crippen LogP contribution >= 0.6 is 0 Å². The number of carbonyl (C=O) groups is 3. The highest BCUT2D eigenvalue weighted by Crippen LogP contribution is 2.52. The van der Waals surface area contributed by atoms with Gasteiger partial charge in [0.2, 0.25) is 0 Å². The molecule has 4 rings (SSSR count). The van der Waals surface area contributed by atoms with Gasteiger partial charge in [0.25, 0.3) is 5.56 Å². The van der Waals surface area contributed by atoms with Gasteiger partial charge in [0, 0.05) is 38.4 Å². The molecule has 0 aliphatic carbocycles. The summed E-state index contributed by atoms with van der Waals surface area (Å²) in [7, 11) is 0. The van der Waals surface area contributed by atoms with Crippen molar-refractivity contribution in [2.45, 2.75) is 57.1 Å². The molecule has 0 amide bonds. The molecule has 0 radical (unpaired) electrons. The van der Waals surface area contributed by atoms with Gasteiger partial charge in [-0.25, -0.2) is 4.79 Å². The zero-order chi connectivity index (χ0) is 24.6. The molecule has 5 atom stereocenters. The van der Waals surface area contributed by atoms with Crippen LogP contribution in [-0.2, 0) is 45.5 Å². The summed E-state index contributed by atoms with van der Waals surface area (Å²) < 4.78 is 23.9. The van der Waals surface area contributed by atoms with Crippen LogP contribution in [0.4, 0.5) is 0 Å². The number of rotatable bonds is 5. The van der Waals surface area contributed by atoms with Crippen LogP contribution < -0.4 is 11.2 Å². The van der Waals surface area contributed by atoms with Crippen molar-refractivity contribution in [2.24, 2.45) is 0 Å². The van der Waals surface area contributed by atoms with Crippen LogP contribution in [0.5, 0.6) is 0 Å². The fourth-order valence-corrected chi connectivity index (χ4v) is 4.89. The van der Waals surface area contributed by atoms with Crippen molar-refractivity contribution in [1.29, 1.82) is 0 Å². The summed E-state index contributed by atoms with van der Waals surface area (Å²) in [6.45, 7) is 3.25. The number of aromatic nitrogens is 2. The minimum atomic E-state index is -1.69. The third-order valence-electron chi connectivity index (χ3n) is 5.94. The molecule has 3 heterocycles. The van der Waals surface area contributed by atoms with Crippen LogP contribution in [0.1, 0.15) is 37.9 Å². The smallest absolute Gasteiger partial charge is 0.331 e. The van der Waals surface area contributed by atoms with E-state index in [9.17, 15) is 24.0 Å². The molecule has 11 heteroatoms. The van der Waals surface area contributed by atoms with Crippen molar-refractivity contribution in [3.63, 3.8) is 0 Å². The monoisotopic (exact) mass is 472 g/mol. The normalized spacial score (nSPS) is 27.3. The lowest BCUT2D eigenvalue weighted by Crippen LogP contribution is -2.54. The number of ether oxygens (including phenoxy) is 4. The first-order valence-electron chi connectivity index (χ1n) is 10.7. The first-order valence-corrected chi connectivity index (χ1v) is 10.7. The summed E-state index contributed by atoms with van der Waals surface area (Å²) in [5.41, 5.74) is -1.95. The van der Waals surface area contributed by atoms with Gasteiger partial charge >= 0.3 is 23.6 Å². The van der Waals surface area contributed by atoms with Crippen molar-refractivity contribution in [2.75, 3.05) is 6.61 Å². The minimum absolute atomic E-state index is 0.202. The van der Waals surface area contributed by atoms with Gasteiger partial charge in [-0.3, -0.25) is 28.7 Å². The molecule has 1 fully saturated rings. The number of hydrogen-bond acceptors (Lipinski definition) is 9. The van der Waals surface area contributed by atoms with E-state index in [1.807, 2.05) is 18.2 Å². The molecule has 0 bridgehead atoms. The quantitative estimate of drug-likeness (QED) is 0.482. The SMILES string of the molecule is CC(=O)OC[C@H]1O[C@]2([C@@H](c3ccccc3)Cc3cc(=O)[nH]c(=O)n32)[C@@H](OC(C)=O)[C@@H]1OC(C)=O. The predicted octanol–water partition coefficient (Wildman–Crippen LogP) is 0.355. The maximum absolute atomic E-state index is 13.1. The van der Waals surface area contributed by atoms with Crippen LogP contribution in [0.15, 0.2) is 46.0 Å². The fraction of sp³-hybridized carbons (Fsp3) is 0.435. The van der Waals surface area contributed by atoms with Crippen molar-refractivity contribution < 1.29 is 33.3 Å². The van der Waals surface area contributed by atoms with Crippen LogP contribution in [0.2, 0.25) is 0 Å². The zero-order valence-corrected chi connectivity index (χ0v) is 18.8. The Hall–Kier alpha value is -3.73. The number of nitrogens with one attached hydrogen (secondary N) is 1. The Morgan fingerprint density at radius 3 is 2.35 bits per heavy atom. The van der Waals surface area contributed by atoms with Crippen molar-refractivity contribution in [3.8, 4) is 0 Å². The molecule has 0 saturated carbocycles. The standard InChI is InChI=1S/C23H24N2O9/c1-12(26)31-11-18-20(32-13(2)27)21(33-14(3)28)23(34-18)17(15-7-5-4-6-8-15)9-16-10-19(29)24-22(30)25(16)23/h4-8,10,17-18,20-21H,9,11H2,1-3H3,(H,24,29,30)/t17-,18-,20-,21+,23-/m1/s1. The molecular weight excluding hydrogens is 448 g/mol. The van der Waals surface area contributed by atoms with Gasteiger partial charge in [0.05, 0.1) is 0 Å². The molecule has 180 valence electrons. The van der Waals surface area contributed by atoms with E-state index in [-0.39, 0.29) is 13.0 Å². The molecule has 1 saturated heterocycles. The Bertz CT molecular complexity index is 1230. The highest BCUT2D eigenvalue weighted by atomic mass is 16.7. The topological polar surface area (TPSA) is 143 Å². The summed E-state index contributed by atoms with van der Waals surface area (Å²) in [6.07, 6.45) is -3.34. The van der Waals surface area contributed by atoms with Crippen molar-refractivity contribution in [1.82, 2.24) is 9.55 Å². The van der Waals surface area contributed by atoms with Crippen molar-refractivity contribution >= 4 is 17.9 Å². The number of benzene rings is 1. The highest BCUT2D eigenvalue weighted by Gasteiger charge is 2.67. The van der Waals surface area contributed by atoms with Crippen LogP contribution in [0, 0.1) is 0 Å². The number of hydrogen-bond donors (Lipinski definition) is 1. The summed E-state index contributed by atoms with van der Waals surface area (Å²) in [5, 5.41) is 0. The summed E-state index contributed by atoms with van der Waals surface area (Å²) in [5.74, 6) is -2.58. The minimum Gasteiger partial charge on any atom is -0.463 e. The summed E-state index contributed by atoms with van der Waals surface area (Å²) in [6, 6.07) is 10.3. The number of fused-ring (bicyclic) bond motifs is 2. The summed E-state index contributed by atoms with van der Waals surface area (Å²) in [4.78, 5) is 63.1. The molecule has 2 aliphatic heterocycles. The fourth-order valence-electron chi connectivity index (χ4n) is 4.89. The van der Waals surface area contributed by atoms with Crippen molar-refractivity contribution in [3.05, 3.63) is 68.5 Å². The lowest BCUT2D eigenvalue weighted by atomic mass is 9.84. The highest BCUT2D eigenvalue weighted by molar-refractivity contribution is 5.68. The Labute approximate surface area is 193 Å². The van der Waals surface area contributed by atoms with E-state index in [0.717, 1.165) is 5.56 Å². The van der Waals surface area contributed by atoms with Gasteiger partial charge in [-0.2, -0.15) is 0 Å². The number of esters is 3. The van der Waals surface area contributed by atoms with Gasteiger partial charge < -0.3 is 18.9 Å². The third-order valence-corrected chi connectivity index (χ3v) is 5.94. The average Bonchev–Trinajstić information content (AvgIpc) is 3.22. The zero-order valence-electron chi connectivity index (χ0n) is 18.8. The van der Waals surface area contributed by atoms with Gasteiger partial charge in [-0.15, -0.1) is 0 Å². The third kappa shape index (κ3) is 4.03. The molecule has 2 aliphatic rings. The lowest BCUT2D eigenvalue weighted by molar-refractivity contribution is -0.185. The van der Waals surface area contributed by atoms with Crippen LogP contribution in [0.25, 0.3) is 0 Å². The Morgan fingerprint density at radius 2 is 1.74 bits per heavy atom. The van der Waals surface area contributed by atoms with E-state index in [4.69, 9.17) is 18.9 Å². The average molecular weight is 472 g/mol. The Morgan fingerprint density at radius 1 is 1.06 bits per heavy atom. The number of aromatic amines is 1. The summed E-state index contributed by atoms with van der Waals surface area (Å²) >= 11 is 0. The van der Waals surface area contributed by atoms with Crippen LogP contribution in [0.3, 0.4) is 0 Å². The molecule has 1 aromatic heterocycles. The number of carbonyl (C=O) groups excluding carboxylic acids is 3. The van der Waals surface area contributed by atoms with Gasteiger partial charge in [-0.05, 0) is 12.0 Å². The second-order valence-corrected chi connectivity index (χ2v) is 8.25. The lowest BCUT2D eigenvalue weighted by Gasteiger charge is -2.37. The molecule has 34 heavy (non-hydrogen) atoms. The Kier molecular flexibility index (Phi) is 6.13. The molecule has 1 spiro atoms. The second kappa shape index (κ2) is 8.90. The Balaban J connectivity index is 1.97. The van der Waals surface area contributed by atoms with Gasteiger partial charge in [-0.1, -0.05) is 30.3 Å². The maximum Gasteiger partial charge on any atom is 0.331 e. The molecular formula is C23H24N2O9. The van der Waals surface area contributed by atoms with Crippen LogP contribution in [-0.4, -0.2) is 52.4 Å². The predicted molar refractivity (Wildman–Crippen MR) is 115 cm³/mol. The second-order valence-electron chi connectivity index (χ2n) is 8.25. The largest absolute Gasteiger partial charge is 0.463 e. The van der Waals surface area contributed by atoms with E-state index in [1.165, 1.54) is 31.4 Å². The van der Waals surface area contributed by atoms with E-state index in [2.05, 4.69) is 4.98 Å². The van der Waals surface area contributed by atoms with Gasteiger partial charge in [0.15, 0.2) is 17.9 Å². The first kappa shape index (κ1) is 23.4. The number of H-pyrrole nitrogens is 1. The van der Waals surface area contributed by atoms with E-state index >= 15 is 0 Å². The van der Waals surface area contributed by atoms with E-state index < -0.39 is 59.1 Å². The number of nitrogens with zero attached hydrogens (tertiary/aromatic N) is 1. The van der Waals surface area contributed by atoms with E-state index in [0.29, 0.717) is 5.69 Å². The molecule has 0 unspecified atom stereocenters. The van der Waals surface area contributed by atoms with E-state index in [1.54, 1.807) is 12.1 Å². The molecule has 2 aromatic rings. The maximum atomic E-state index is 13.1.